The van der Waals surface area contributed by atoms with E-state index in [1.54, 1.807) is 18.2 Å². The highest BCUT2D eigenvalue weighted by atomic mass is 16.5. The molecule has 3 nitrogen and oxygen atoms in total. The van der Waals surface area contributed by atoms with Crippen molar-refractivity contribution in [1.82, 2.24) is 0 Å². The van der Waals surface area contributed by atoms with Crippen molar-refractivity contribution in [2.75, 3.05) is 0 Å². The zero-order valence-corrected chi connectivity index (χ0v) is 8.82. The first-order valence-corrected chi connectivity index (χ1v) is 4.69. The van der Waals surface area contributed by atoms with Gasteiger partial charge in [-0.3, -0.25) is 0 Å². The fraction of sp³-hybridized carbons (Fsp3) is 0.333. The Morgan fingerprint density at radius 2 is 2.20 bits per heavy atom. The lowest BCUT2D eigenvalue weighted by atomic mass is 10.1. The molecule has 3 heteroatoms. The molecule has 0 heterocycles. The summed E-state index contributed by atoms with van der Waals surface area (Å²) in [6.45, 7) is 11.2. The summed E-state index contributed by atoms with van der Waals surface area (Å²) < 4.78 is 5.41. The van der Waals surface area contributed by atoms with Crippen molar-refractivity contribution in [2.24, 2.45) is 0 Å². The Morgan fingerprint density at radius 3 is 2.73 bits per heavy atom. The molecule has 0 aliphatic heterocycles. The van der Waals surface area contributed by atoms with E-state index in [4.69, 9.17) is 16.6 Å². The smallest absolute Gasteiger partial charge is 0.188 e. The SMILES string of the molecule is [C-]#[N+]c1cc(C#N)cc(COC(C)C)c1. The van der Waals surface area contributed by atoms with Crippen LogP contribution in [0, 0.1) is 17.9 Å². The van der Waals surface area contributed by atoms with Crippen molar-refractivity contribution in [3.63, 3.8) is 0 Å². The number of rotatable bonds is 3. The van der Waals surface area contributed by atoms with E-state index in [9.17, 15) is 0 Å². The number of hydrogen-bond acceptors (Lipinski definition) is 2. The normalized spacial score (nSPS) is 9.67. The van der Waals surface area contributed by atoms with Crippen LogP contribution >= 0.6 is 0 Å². The quantitative estimate of drug-likeness (QED) is 0.703. The topological polar surface area (TPSA) is 37.4 Å². The second kappa shape index (κ2) is 5.14. The summed E-state index contributed by atoms with van der Waals surface area (Å²) in [5.41, 5.74) is 1.86. The molecule has 0 aliphatic rings. The van der Waals surface area contributed by atoms with E-state index in [2.05, 4.69) is 4.85 Å². The molecule has 15 heavy (non-hydrogen) atoms. The van der Waals surface area contributed by atoms with Crippen LogP contribution in [-0.4, -0.2) is 6.10 Å². The monoisotopic (exact) mass is 200 g/mol. The molecule has 1 aromatic rings. The fourth-order valence-electron chi connectivity index (χ4n) is 1.15. The van der Waals surface area contributed by atoms with Gasteiger partial charge in [0.25, 0.3) is 0 Å². The van der Waals surface area contributed by atoms with Gasteiger partial charge in [-0.2, -0.15) is 5.26 Å². The summed E-state index contributed by atoms with van der Waals surface area (Å²) in [5, 5.41) is 8.77. The van der Waals surface area contributed by atoms with E-state index >= 15 is 0 Å². The Balaban J connectivity index is 2.89. The van der Waals surface area contributed by atoms with Gasteiger partial charge in [0.15, 0.2) is 5.69 Å². The number of nitriles is 1. The lowest BCUT2D eigenvalue weighted by molar-refractivity contribution is 0.0657. The Hall–Kier alpha value is -1.84. The van der Waals surface area contributed by atoms with E-state index in [1.165, 1.54) is 0 Å². The van der Waals surface area contributed by atoms with Gasteiger partial charge < -0.3 is 4.74 Å². The number of ether oxygens (including phenoxy) is 1. The second-order valence-corrected chi connectivity index (χ2v) is 3.47. The molecule has 0 fully saturated rings. The maximum absolute atomic E-state index is 8.77. The lowest BCUT2D eigenvalue weighted by Crippen LogP contribution is -2.02. The van der Waals surface area contributed by atoms with Crippen molar-refractivity contribution >= 4 is 5.69 Å². The summed E-state index contributed by atoms with van der Waals surface area (Å²) in [4.78, 5) is 3.31. The van der Waals surface area contributed by atoms with Gasteiger partial charge in [0.1, 0.15) is 0 Å². The first-order chi connectivity index (χ1) is 7.15. The summed E-state index contributed by atoms with van der Waals surface area (Å²) in [6.07, 6.45) is 0.145. The Morgan fingerprint density at radius 1 is 1.47 bits per heavy atom. The third kappa shape index (κ3) is 3.42. The van der Waals surface area contributed by atoms with Crippen LogP contribution in [0.15, 0.2) is 18.2 Å². The summed E-state index contributed by atoms with van der Waals surface area (Å²) in [5.74, 6) is 0. The van der Waals surface area contributed by atoms with Gasteiger partial charge in [0.2, 0.25) is 0 Å². The first kappa shape index (κ1) is 11.2. The van der Waals surface area contributed by atoms with Crippen molar-refractivity contribution in [2.45, 2.75) is 26.6 Å². The van der Waals surface area contributed by atoms with E-state index in [0.717, 1.165) is 5.56 Å². The Kier molecular flexibility index (Phi) is 3.85. The predicted octanol–water partition coefficient (Wildman–Crippen LogP) is 3.03. The predicted molar refractivity (Wildman–Crippen MR) is 57.3 cm³/mol. The zero-order chi connectivity index (χ0) is 11.3. The molecule has 0 aromatic heterocycles. The molecule has 0 N–H and O–H groups in total. The molecule has 1 rings (SSSR count). The molecule has 0 spiro atoms. The standard InChI is InChI=1S/C12H12N2O/c1-9(2)15-8-11-4-10(7-13)5-12(6-11)14-3/h4-6,9H,8H2,1-2H3. The molecule has 0 aliphatic carbocycles. The molecular weight excluding hydrogens is 188 g/mol. The Labute approximate surface area is 89.7 Å². The van der Waals surface area contributed by atoms with Crippen LogP contribution in [-0.2, 0) is 11.3 Å². The number of benzene rings is 1. The van der Waals surface area contributed by atoms with Crippen LogP contribution < -0.4 is 0 Å². The number of nitrogens with zero attached hydrogens (tertiary/aromatic N) is 2. The third-order valence-corrected chi connectivity index (χ3v) is 1.82. The average molecular weight is 200 g/mol. The molecule has 0 saturated carbocycles. The zero-order valence-electron chi connectivity index (χ0n) is 8.82. The van der Waals surface area contributed by atoms with Crippen LogP contribution in [0.4, 0.5) is 5.69 Å². The first-order valence-electron chi connectivity index (χ1n) is 4.69. The third-order valence-electron chi connectivity index (χ3n) is 1.82. The highest BCUT2D eigenvalue weighted by Gasteiger charge is 2.01. The van der Waals surface area contributed by atoms with Crippen LogP contribution in [0.3, 0.4) is 0 Å². The van der Waals surface area contributed by atoms with Gasteiger partial charge in [0, 0.05) is 5.56 Å². The fourth-order valence-corrected chi connectivity index (χ4v) is 1.15. The highest BCUT2D eigenvalue weighted by molar-refractivity contribution is 5.52. The highest BCUT2D eigenvalue weighted by Crippen LogP contribution is 2.18. The lowest BCUT2D eigenvalue weighted by Gasteiger charge is -2.08. The van der Waals surface area contributed by atoms with Crippen molar-refractivity contribution < 1.29 is 4.74 Å². The van der Waals surface area contributed by atoms with Crippen molar-refractivity contribution in [3.05, 3.63) is 40.7 Å². The van der Waals surface area contributed by atoms with Crippen molar-refractivity contribution in [3.8, 4) is 6.07 Å². The minimum Gasteiger partial charge on any atom is -0.374 e. The van der Waals surface area contributed by atoms with Crippen LogP contribution in [0.1, 0.15) is 25.0 Å². The maximum atomic E-state index is 8.77. The molecule has 0 radical (unpaired) electrons. The van der Waals surface area contributed by atoms with Gasteiger partial charge in [-0.1, -0.05) is 6.07 Å². The summed E-state index contributed by atoms with van der Waals surface area (Å²) >= 11 is 0. The largest absolute Gasteiger partial charge is 0.374 e. The van der Waals surface area contributed by atoms with E-state index in [1.807, 2.05) is 19.9 Å². The molecule has 0 atom stereocenters. The van der Waals surface area contributed by atoms with E-state index in [0.29, 0.717) is 17.9 Å². The van der Waals surface area contributed by atoms with Gasteiger partial charge in [0.05, 0.1) is 25.4 Å². The summed E-state index contributed by atoms with van der Waals surface area (Å²) in [7, 11) is 0. The minimum absolute atomic E-state index is 0.145. The molecular formula is C12H12N2O. The molecule has 1 aromatic carbocycles. The average Bonchev–Trinajstić information content (AvgIpc) is 2.25. The van der Waals surface area contributed by atoms with E-state index < -0.39 is 0 Å². The molecule has 0 amide bonds. The van der Waals surface area contributed by atoms with Crippen LogP contribution in [0.25, 0.3) is 4.85 Å². The molecule has 0 unspecified atom stereocenters. The molecule has 0 bridgehead atoms. The van der Waals surface area contributed by atoms with Gasteiger partial charge in [-0.15, -0.1) is 0 Å². The molecule has 76 valence electrons. The molecule has 0 saturated heterocycles. The maximum Gasteiger partial charge on any atom is 0.188 e. The minimum atomic E-state index is 0.145. The van der Waals surface area contributed by atoms with Gasteiger partial charge in [-0.25, -0.2) is 4.85 Å². The Bertz CT molecular complexity index is 392. The van der Waals surface area contributed by atoms with Gasteiger partial charge >= 0.3 is 0 Å². The summed E-state index contributed by atoms with van der Waals surface area (Å²) in [6, 6.07) is 7.10. The second-order valence-electron chi connectivity index (χ2n) is 3.47. The van der Waals surface area contributed by atoms with Crippen LogP contribution in [0.5, 0.6) is 0 Å². The van der Waals surface area contributed by atoms with Gasteiger partial charge in [-0.05, 0) is 31.5 Å². The van der Waals surface area contributed by atoms with Crippen LogP contribution in [0.2, 0.25) is 0 Å². The number of hydrogen-bond donors (Lipinski definition) is 0. The van der Waals surface area contributed by atoms with Crippen molar-refractivity contribution in [1.29, 1.82) is 5.26 Å². The van der Waals surface area contributed by atoms with E-state index in [-0.39, 0.29) is 6.10 Å².